The summed E-state index contributed by atoms with van der Waals surface area (Å²) in [4.78, 5) is 11.1. The molecule has 19 heavy (non-hydrogen) atoms. The highest BCUT2D eigenvalue weighted by Crippen LogP contribution is 2.07. The molecular formula is C11H22ClNO5S. The summed E-state index contributed by atoms with van der Waals surface area (Å²) in [5.74, 6) is 0.0405. The number of carbonyl (C=O) groups is 1. The minimum Gasteiger partial charge on any atom is -0.469 e. The van der Waals surface area contributed by atoms with Crippen LogP contribution >= 0.6 is 11.6 Å². The first-order valence-electron chi connectivity index (χ1n) is 6.07. The summed E-state index contributed by atoms with van der Waals surface area (Å²) in [6.45, 7) is 0.631. The van der Waals surface area contributed by atoms with E-state index >= 15 is 0 Å². The average molecular weight is 316 g/mol. The highest BCUT2D eigenvalue weighted by molar-refractivity contribution is 7.89. The van der Waals surface area contributed by atoms with Crippen molar-refractivity contribution >= 4 is 27.6 Å². The van der Waals surface area contributed by atoms with E-state index in [2.05, 4.69) is 4.74 Å². The summed E-state index contributed by atoms with van der Waals surface area (Å²) < 4.78 is 34.8. The third kappa shape index (κ3) is 8.41. The molecule has 0 aromatic carbocycles. The summed E-state index contributed by atoms with van der Waals surface area (Å²) in [6, 6.07) is 0. The highest BCUT2D eigenvalue weighted by Gasteiger charge is 2.22. The molecule has 0 saturated heterocycles. The molecule has 8 heteroatoms. The van der Waals surface area contributed by atoms with E-state index in [9.17, 15) is 13.2 Å². The Kier molecular flexibility index (Phi) is 10.2. The van der Waals surface area contributed by atoms with E-state index in [0.717, 1.165) is 0 Å². The van der Waals surface area contributed by atoms with Gasteiger partial charge in [-0.3, -0.25) is 4.79 Å². The molecule has 0 rings (SSSR count). The van der Waals surface area contributed by atoms with Crippen LogP contribution in [0.5, 0.6) is 0 Å². The number of methoxy groups -OCH3 is 2. The maximum atomic E-state index is 12.1. The van der Waals surface area contributed by atoms with Gasteiger partial charge in [-0.25, -0.2) is 8.42 Å². The molecular weight excluding hydrogens is 294 g/mol. The molecule has 114 valence electrons. The number of halogens is 1. The predicted octanol–water partition coefficient (Wildman–Crippen LogP) is 0.847. The fraction of sp³-hybridized carbons (Fsp3) is 0.909. The maximum Gasteiger partial charge on any atom is 0.306 e. The Morgan fingerprint density at radius 2 is 1.89 bits per heavy atom. The van der Waals surface area contributed by atoms with Crippen molar-refractivity contribution < 1.29 is 22.7 Å². The fourth-order valence-electron chi connectivity index (χ4n) is 1.41. The summed E-state index contributed by atoms with van der Waals surface area (Å²) in [6.07, 6.45) is 1.19. The SMILES string of the molecule is COCCN(CCC(=O)OC)S(=O)(=O)CCCCCl. The number of esters is 1. The molecule has 0 atom stereocenters. The lowest BCUT2D eigenvalue weighted by molar-refractivity contribution is -0.140. The summed E-state index contributed by atoms with van der Waals surface area (Å²) in [5, 5.41) is 0. The molecule has 0 bridgehead atoms. The number of nitrogens with zero attached hydrogens (tertiary/aromatic N) is 1. The molecule has 0 unspecified atom stereocenters. The molecule has 0 fully saturated rings. The Hall–Kier alpha value is -0.370. The Balaban J connectivity index is 4.48. The second-order valence-corrected chi connectivity index (χ2v) is 6.40. The van der Waals surface area contributed by atoms with E-state index in [1.54, 1.807) is 0 Å². The van der Waals surface area contributed by atoms with Crippen molar-refractivity contribution in [1.82, 2.24) is 4.31 Å². The lowest BCUT2D eigenvalue weighted by atomic mass is 10.4. The molecule has 0 saturated carbocycles. The van der Waals surface area contributed by atoms with Crippen LogP contribution in [0.2, 0.25) is 0 Å². The minimum atomic E-state index is -3.38. The zero-order valence-corrected chi connectivity index (χ0v) is 13.0. The zero-order valence-electron chi connectivity index (χ0n) is 11.4. The van der Waals surface area contributed by atoms with Gasteiger partial charge in [-0.15, -0.1) is 11.6 Å². The summed E-state index contributed by atoms with van der Waals surface area (Å²) >= 11 is 5.53. The van der Waals surface area contributed by atoms with Gasteiger partial charge in [0.1, 0.15) is 0 Å². The van der Waals surface area contributed by atoms with Crippen LogP contribution in [-0.4, -0.2) is 64.2 Å². The number of carbonyl (C=O) groups excluding carboxylic acids is 1. The molecule has 0 radical (unpaired) electrons. The molecule has 6 nitrogen and oxygen atoms in total. The van der Waals surface area contributed by atoms with Crippen LogP contribution in [0.3, 0.4) is 0 Å². The largest absolute Gasteiger partial charge is 0.469 e. The van der Waals surface area contributed by atoms with Crippen LogP contribution in [0, 0.1) is 0 Å². The lowest BCUT2D eigenvalue weighted by Crippen LogP contribution is -2.37. The van der Waals surface area contributed by atoms with Crippen molar-refractivity contribution in [2.24, 2.45) is 0 Å². The third-order valence-electron chi connectivity index (χ3n) is 2.52. The number of alkyl halides is 1. The minimum absolute atomic E-state index is 0.0323. The van der Waals surface area contributed by atoms with Crippen molar-refractivity contribution in [3.05, 3.63) is 0 Å². The molecule has 0 aliphatic rings. The molecule has 0 amide bonds. The van der Waals surface area contributed by atoms with Gasteiger partial charge >= 0.3 is 5.97 Å². The monoisotopic (exact) mass is 315 g/mol. The normalized spacial score (nSPS) is 11.8. The van der Waals surface area contributed by atoms with Crippen LogP contribution in [0.25, 0.3) is 0 Å². The van der Waals surface area contributed by atoms with Gasteiger partial charge in [0.15, 0.2) is 0 Å². The summed E-state index contributed by atoms with van der Waals surface area (Å²) in [7, 11) is -0.611. The molecule has 0 aromatic heterocycles. The topological polar surface area (TPSA) is 72.9 Å². The van der Waals surface area contributed by atoms with Gasteiger partial charge in [0.2, 0.25) is 10.0 Å². The van der Waals surface area contributed by atoms with Gasteiger partial charge in [0, 0.05) is 26.1 Å². The number of unbranched alkanes of at least 4 members (excludes halogenated alkanes) is 1. The van der Waals surface area contributed by atoms with Crippen molar-refractivity contribution in [2.75, 3.05) is 45.5 Å². The lowest BCUT2D eigenvalue weighted by Gasteiger charge is -2.21. The zero-order chi connectivity index (χ0) is 14.7. The number of hydrogen-bond acceptors (Lipinski definition) is 5. The van der Waals surface area contributed by atoms with Crippen molar-refractivity contribution in [1.29, 1.82) is 0 Å². The van der Waals surface area contributed by atoms with Gasteiger partial charge in [-0.2, -0.15) is 4.31 Å². The average Bonchev–Trinajstić information content (AvgIpc) is 2.38. The van der Waals surface area contributed by atoms with Crippen LogP contribution in [0.1, 0.15) is 19.3 Å². The predicted molar refractivity (Wildman–Crippen MR) is 73.8 cm³/mol. The van der Waals surface area contributed by atoms with Crippen molar-refractivity contribution in [3.8, 4) is 0 Å². The Bertz CT molecular complexity index is 347. The van der Waals surface area contributed by atoms with E-state index in [1.807, 2.05) is 0 Å². The highest BCUT2D eigenvalue weighted by atomic mass is 35.5. The van der Waals surface area contributed by atoms with E-state index in [-0.39, 0.29) is 31.9 Å². The van der Waals surface area contributed by atoms with Crippen LogP contribution in [0.15, 0.2) is 0 Å². The summed E-state index contributed by atoms with van der Waals surface area (Å²) in [5.41, 5.74) is 0. The van der Waals surface area contributed by atoms with Crippen LogP contribution < -0.4 is 0 Å². The maximum absolute atomic E-state index is 12.1. The molecule has 0 aromatic rings. The van der Waals surface area contributed by atoms with Crippen molar-refractivity contribution in [2.45, 2.75) is 19.3 Å². The molecule has 0 heterocycles. The second kappa shape index (κ2) is 10.4. The van der Waals surface area contributed by atoms with E-state index in [1.165, 1.54) is 18.5 Å². The van der Waals surface area contributed by atoms with Gasteiger partial charge in [0.05, 0.1) is 25.9 Å². The number of hydrogen-bond donors (Lipinski definition) is 0. The van der Waals surface area contributed by atoms with Crippen molar-refractivity contribution in [3.63, 3.8) is 0 Å². The first-order valence-corrected chi connectivity index (χ1v) is 8.21. The van der Waals surface area contributed by atoms with Crippen LogP contribution in [-0.2, 0) is 24.3 Å². The molecule has 0 aliphatic heterocycles. The Labute approximate surface area is 120 Å². The number of sulfonamides is 1. The van der Waals surface area contributed by atoms with Crippen LogP contribution in [0.4, 0.5) is 0 Å². The quantitative estimate of drug-likeness (QED) is 0.321. The number of rotatable bonds is 11. The second-order valence-electron chi connectivity index (χ2n) is 3.93. The molecule has 0 spiro atoms. The van der Waals surface area contributed by atoms with Gasteiger partial charge in [-0.1, -0.05) is 0 Å². The number of ether oxygens (including phenoxy) is 2. The van der Waals surface area contributed by atoms with E-state index < -0.39 is 16.0 Å². The van der Waals surface area contributed by atoms with Gasteiger partial charge in [-0.05, 0) is 12.8 Å². The van der Waals surface area contributed by atoms with E-state index in [0.29, 0.717) is 18.7 Å². The Morgan fingerprint density at radius 1 is 1.21 bits per heavy atom. The fourth-order valence-corrected chi connectivity index (χ4v) is 3.15. The molecule has 0 aliphatic carbocycles. The molecule has 0 N–H and O–H groups in total. The smallest absolute Gasteiger partial charge is 0.306 e. The van der Waals surface area contributed by atoms with Gasteiger partial charge < -0.3 is 9.47 Å². The standard InChI is InChI=1S/C11H22ClNO5S/c1-17-9-8-13(7-5-11(14)18-2)19(15,16)10-4-3-6-12/h3-10H2,1-2H3. The van der Waals surface area contributed by atoms with Gasteiger partial charge in [0.25, 0.3) is 0 Å². The Morgan fingerprint density at radius 3 is 2.42 bits per heavy atom. The first-order chi connectivity index (χ1) is 8.97. The van der Waals surface area contributed by atoms with E-state index in [4.69, 9.17) is 16.3 Å². The third-order valence-corrected chi connectivity index (χ3v) is 4.74. The first kappa shape index (κ1) is 18.6.